The van der Waals surface area contributed by atoms with Gasteiger partial charge in [0.05, 0.1) is 22.6 Å². The Balaban J connectivity index is 1.65. The molecule has 0 radical (unpaired) electrons. The highest BCUT2D eigenvalue weighted by Crippen LogP contribution is 2.34. The number of methoxy groups -OCH3 is 1. The second kappa shape index (κ2) is 8.72. The summed E-state index contributed by atoms with van der Waals surface area (Å²) in [4.78, 5) is 0.403. The Morgan fingerprint density at radius 3 is 2.33 bits per heavy atom. The van der Waals surface area contributed by atoms with Gasteiger partial charge in [0, 0.05) is 12.2 Å². The van der Waals surface area contributed by atoms with Gasteiger partial charge >= 0.3 is 0 Å². The summed E-state index contributed by atoms with van der Waals surface area (Å²) in [5.74, 6) is 0.578. The summed E-state index contributed by atoms with van der Waals surface area (Å²) in [6, 6.07) is 16.5. The molecule has 9 heteroatoms. The Kier molecular flexibility index (Phi) is 6.11. The maximum absolute atomic E-state index is 13.3. The van der Waals surface area contributed by atoms with Crippen LogP contribution in [0.25, 0.3) is 0 Å². The second-order valence-electron chi connectivity index (χ2n) is 8.07. The van der Waals surface area contributed by atoms with Crippen molar-refractivity contribution in [3.05, 3.63) is 77.4 Å². The standard InChI is InChI=1S/C24H26N2O5S2/c1-17-6-7-18(2)24(15-17)32(27,28)25-20-8-13-23-19(16-20)5-4-14-26(23)33(29,30)22-11-9-21(31-3)10-12-22/h6-13,15-16,25H,4-5,14H2,1-3H3. The van der Waals surface area contributed by atoms with Crippen molar-refractivity contribution in [1.29, 1.82) is 0 Å². The first-order valence-electron chi connectivity index (χ1n) is 10.5. The monoisotopic (exact) mass is 486 g/mol. The molecule has 3 aromatic carbocycles. The SMILES string of the molecule is COc1ccc(S(=O)(=O)N2CCCc3cc(NS(=O)(=O)c4cc(C)ccc4C)ccc32)cc1. The van der Waals surface area contributed by atoms with Crippen molar-refractivity contribution in [3.8, 4) is 5.75 Å². The minimum absolute atomic E-state index is 0.177. The number of rotatable bonds is 6. The van der Waals surface area contributed by atoms with Crippen molar-refractivity contribution in [2.75, 3.05) is 22.7 Å². The molecule has 1 aliphatic rings. The number of ether oxygens (including phenoxy) is 1. The summed E-state index contributed by atoms with van der Waals surface area (Å²) in [6.07, 6.45) is 1.29. The molecule has 7 nitrogen and oxygen atoms in total. The zero-order valence-corrected chi connectivity index (χ0v) is 20.3. The summed E-state index contributed by atoms with van der Waals surface area (Å²) in [6.45, 7) is 3.95. The topological polar surface area (TPSA) is 92.8 Å². The number of benzene rings is 3. The molecule has 0 saturated carbocycles. The van der Waals surface area contributed by atoms with Crippen molar-refractivity contribution in [1.82, 2.24) is 0 Å². The van der Waals surface area contributed by atoms with E-state index in [0.717, 1.165) is 11.1 Å². The van der Waals surface area contributed by atoms with Crippen molar-refractivity contribution in [3.63, 3.8) is 0 Å². The van der Waals surface area contributed by atoms with E-state index in [1.807, 2.05) is 13.0 Å². The highest BCUT2D eigenvalue weighted by molar-refractivity contribution is 7.93. The minimum atomic E-state index is -3.78. The smallest absolute Gasteiger partial charge is 0.264 e. The number of nitrogens with zero attached hydrogens (tertiary/aromatic N) is 1. The van der Waals surface area contributed by atoms with E-state index in [-0.39, 0.29) is 9.79 Å². The van der Waals surface area contributed by atoms with E-state index in [0.29, 0.717) is 42.1 Å². The van der Waals surface area contributed by atoms with Crippen molar-refractivity contribution in [2.45, 2.75) is 36.5 Å². The third-order valence-electron chi connectivity index (χ3n) is 5.69. The molecule has 1 N–H and O–H groups in total. The average molecular weight is 487 g/mol. The van der Waals surface area contributed by atoms with Gasteiger partial charge in [0.1, 0.15) is 5.75 Å². The molecular formula is C24H26N2O5S2. The maximum atomic E-state index is 13.3. The first-order chi connectivity index (χ1) is 15.6. The molecule has 1 heterocycles. The molecule has 174 valence electrons. The van der Waals surface area contributed by atoms with Gasteiger partial charge in [-0.05, 0) is 91.9 Å². The molecule has 4 rings (SSSR count). The van der Waals surface area contributed by atoms with Gasteiger partial charge in [-0.3, -0.25) is 9.03 Å². The van der Waals surface area contributed by atoms with Gasteiger partial charge in [-0.2, -0.15) is 0 Å². The molecule has 0 saturated heterocycles. The van der Waals surface area contributed by atoms with E-state index in [2.05, 4.69) is 4.72 Å². The zero-order chi connectivity index (χ0) is 23.8. The average Bonchev–Trinajstić information content (AvgIpc) is 2.79. The zero-order valence-electron chi connectivity index (χ0n) is 18.7. The molecule has 0 bridgehead atoms. The quantitative estimate of drug-likeness (QED) is 0.562. The Morgan fingerprint density at radius 2 is 1.64 bits per heavy atom. The molecule has 0 aromatic heterocycles. The molecule has 1 aliphatic heterocycles. The Bertz CT molecular complexity index is 1400. The van der Waals surface area contributed by atoms with Gasteiger partial charge in [-0.15, -0.1) is 0 Å². The first kappa shape index (κ1) is 23.1. The van der Waals surface area contributed by atoms with Crippen molar-refractivity contribution >= 4 is 31.4 Å². The normalized spacial score (nSPS) is 14.0. The van der Waals surface area contributed by atoms with Gasteiger partial charge in [0.2, 0.25) is 0 Å². The number of nitrogens with one attached hydrogen (secondary N) is 1. The predicted molar refractivity (Wildman–Crippen MR) is 129 cm³/mol. The third-order valence-corrected chi connectivity index (χ3v) is 9.04. The summed E-state index contributed by atoms with van der Waals surface area (Å²) in [5, 5.41) is 0. The minimum Gasteiger partial charge on any atom is -0.497 e. The van der Waals surface area contributed by atoms with Crippen LogP contribution in [0.2, 0.25) is 0 Å². The lowest BCUT2D eigenvalue weighted by Crippen LogP contribution is -2.35. The molecule has 0 atom stereocenters. The third kappa shape index (κ3) is 4.56. The summed E-state index contributed by atoms with van der Waals surface area (Å²) in [5.41, 5.74) is 3.25. The number of hydrogen-bond donors (Lipinski definition) is 1. The van der Waals surface area contributed by atoms with E-state index in [1.165, 1.54) is 23.5 Å². The largest absolute Gasteiger partial charge is 0.497 e. The fourth-order valence-corrected chi connectivity index (χ4v) is 6.88. The van der Waals surface area contributed by atoms with E-state index in [4.69, 9.17) is 4.74 Å². The number of fused-ring (bicyclic) bond motifs is 1. The molecule has 0 unspecified atom stereocenters. The number of anilines is 2. The first-order valence-corrected chi connectivity index (χ1v) is 13.4. The van der Waals surface area contributed by atoms with Gasteiger partial charge < -0.3 is 4.74 Å². The van der Waals surface area contributed by atoms with E-state index in [9.17, 15) is 16.8 Å². The molecule has 3 aromatic rings. The molecule has 33 heavy (non-hydrogen) atoms. The summed E-state index contributed by atoms with van der Waals surface area (Å²) in [7, 11) is -6.02. The molecule has 0 fully saturated rings. The Morgan fingerprint density at radius 1 is 0.909 bits per heavy atom. The van der Waals surface area contributed by atoms with Crippen LogP contribution in [0.4, 0.5) is 11.4 Å². The Hall–Kier alpha value is -3.04. The van der Waals surface area contributed by atoms with Crippen LogP contribution in [0.15, 0.2) is 70.5 Å². The van der Waals surface area contributed by atoms with Crippen molar-refractivity contribution in [2.24, 2.45) is 0 Å². The molecule has 0 aliphatic carbocycles. The fraction of sp³-hybridized carbons (Fsp3) is 0.250. The maximum Gasteiger partial charge on any atom is 0.264 e. The summed E-state index contributed by atoms with van der Waals surface area (Å²) >= 11 is 0. The van der Waals surface area contributed by atoms with E-state index < -0.39 is 20.0 Å². The van der Waals surface area contributed by atoms with Crippen LogP contribution in [0.5, 0.6) is 5.75 Å². The molecular weight excluding hydrogens is 460 g/mol. The van der Waals surface area contributed by atoms with Crippen LogP contribution in [0, 0.1) is 13.8 Å². The molecule has 0 spiro atoms. The van der Waals surface area contributed by atoms with Crippen LogP contribution < -0.4 is 13.8 Å². The lowest BCUT2D eigenvalue weighted by Gasteiger charge is -2.31. The van der Waals surface area contributed by atoms with Gasteiger partial charge in [-0.25, -0.2) is 16.8 Å². The lowest BCUT2D eigenvalue weighted by molar-refractivity contribution is 0.414. The molecule has 0 amide bonds. The second-order valence-corrected chi connectivity index (χ2v) is 11.6. The van der Waals surface area contributed by atoms with Crippen LogP contribution >= 0.6 is 0 Å². The van der Waals surface area contributed by atoms with Crippen LogP contribution in [-0.2, 0) is 26.5 Å². The lowest BCUT2D eigenvalue weighted by atomic mass is 10.0. The van der Waals surface area contributed by atoms with E-state index >= 15 is 0 Å². The van der Waals surface area contributed by atoms with E-state index in [1.54, 1.807) is 49.4 Å². The number of sulfonamides is 2. The van der Waals surface area contributed by atoms with Crippen LogP contribution in [0.1, 0.15) is 23.1 Å². The highest BCUT2D eigenvalue weighted by atomic mass is 32.2. The number of aryl methyl sites for hydroxylation is 3. The fourth-order valence-electron chi connectivity index (χ4n) is 3.96. The highest BCUT2D eigenvalue weighted by Gasteiger charge is 2.29. The van der Waals surface area contributed by atoms with Crippen LogP contribution in [0.3, 0.4) is 0 Å². The predicted octanol–water partition coefficient (Wildman–Crippen LogP) is 4.25. The summed E-state index contributed by atoms with van der Waals surface area (Å²) < 4.78 is 61.7. The van der Waals surface area contributed by atoms with Gasteiger partial charge in [0.15, 0.2) is 0 Å². The Labute approximate surface area is 195 Å². The van der Waals surface area contributed by atoms with Gasteiger partial charge in [-0.1, -0.05) is 12.1 Å². The van der Waals surface area contributed by atoms with Crippen LogP contribution in [-0.4, -0.2) is 30.5 Å². The number of hydrogen-bond acceptors (Lipinski definition) is 5. The van der Waals surface area contributed by atoms with Crippen molar-refractivity contribution < 1.29 is 21.6 Å². The van der Waals surface area contributed by atoms with Gasteiger partial charge in [0.25, 0.3) is 20.0 Å².